The lowest BCUT2D eigenvalue weighted by Crippen LogP contribution is -2.62. The van der Waals surface area contributed by atoms with E-state index in [0.29, 0.717) is 0 Å². The van der Waals surface area contributed by atoms with Gasteiger partial charge in [0.25, 0.3) is 0 Å². The van der Waals surface area contributed by atoms with Crippen LogP contribution in [0.15, 0.2) is 0 Å². The van der Waals surface area contributed by atoms with Gasteiger partial charge in [0.05, 0.1) is 13.2 Å². The maximum Gasteiger partial charge on any atom is 0.118 e. The van der Waals surface area contributed by atoms with Crippen LogP contribution in [-0.4, -0.2) is 57.6 Å². The first-order valence-corrected chi connectivity index (χ1v) is 3.81. The molecule has 0 saturated carbocycles. The van der Waals surface area contributed by atoms with E-state index >= 15 is 0 Å². The highest BCUT2D eigenvalue weighted by Crippen LogP contribution is 2.24. The molecule has 0 radical (unpaired) electrons. The summed E-state index contributed by atoms with van der Waals surface area (Å²) in [6, 6.07) is 0. The van der Waals surface area contributed by atoms with Gasteiger partial charge in [-0.15, -0.1) is 0 Å². The van der Waals surface area contributed by atoms with Gasteiger partial charge in [-0.3, -0.25) is 0 Å². The molecule has 4 N–H and O–H groups in total. The first-order chi connectivity index (χ1) is 5.50. The Balaban J connectivity index is 2.71. The van der Waals surface area contributed by atoms with Crippen molar-refractivity contribution in [3.8, 4) is 0 Å². The van der Waals surface area contributed by atoms with Crippen molar-refractivity contribution in [3.63, 3.8) is 0 Å². The van der Waals surface area contributed by atoms with Crippen molar-refractivity contribution >= 4 is 0 Å². The normalized spacial score (nSPS) is 49.2. The van der Waals surface area contributed by atoms with Crippen molar-refractivity contribution in [2.24, 2.45) is 0 Å². The highest BCUT2D eigenvalue weighted by atomic mass is 16.5. The number of hydrogen-bond donors (Lipinski definition) is 4. The SMILES string of the molecule is C[C@]1(O)C(O)[C@@H](CO)OC[C@@H]1O. The Bertz CT molecular complexity index is 158. The zero-order valence-corrected chi connectivity index (χ0v) is 6.84. The van der Waals surface area contributed by atoms with Crippen LogP contribution in [0.4, 0.5) is 0 Å². The monoisotopic (exact) mass is 178 g/mol. The van der Waals surface area contributed by atoms with Crippen molar-refractivity contribution in [2.45, 2.75) is 30.8 Å². The molecule has 0 aliphatic carbocycles. The lowest BCUT2D eigenvalue weighted by Gasteiger charge is -2.41. The van der Waals surface area contributed by atoms with Gasteiger partial charge in [0.1, 0.15) is 23.9 Å². The van der Waals surface area contributed by atoms with Crippen LogP contribution in [-0.2, 0) is 4.74 Å². The molecule has 5 nitrogen and oxygen atoms in total. The number of aliphatic hydroxyl groups is 4. The molecule has 5 heteroatoms. The molecule has 1 fully saturated rings. The van der Waals surface area contributed by atoms with E-state index in [0.717, 1.165) is 0 Å². The Labute approximate surface area is 70.2 Å². The summed E-state index contributed by atoms with van der Waals surface area (Å²) in [6.45, 7) is 0.868. The van der Waals surface area contributed by atoms with Gasteiger partial charge in [0, 0.05) is 0 Å². The summed E-state index contributed by atoms with van der Waals surface area (Å²) in [5.74, 6) is 0. The van der Waals surface area contributed by atoms with E-state index in [1.165, 1.54) is 6.92 Å². The quantitative estimate of drug-likeness (QED) is 0.367. The van der Waals surface area contributed by atoms with Crippen LogP contribution in [0.1, 0.15) is 6.92 Å². The third kappa shape index (κ3) is 1.46. The van der Waals surface area contributed by atoms with Crippen LogP contribution in [0.2, 0.25) is 0 Å². The first kappa shape index (κ1) is 9.88. The van der Waals surface area contributed by atoms with E-state index in [2.05, 4.69) is 0 Å². The molecular formula is C7H14O5. The predicted molar refractivity (Wildman–Crippen MR) is 39.5 cm³/mol. The Morgan fingerprint density at radius 1 is 1.50 bits per heavy atom. The maximum atomic E-state index is 9.52. The molecule has 1 rings (SSSR count). The average Bonchev–Trinajstić information content (AvgIpc) is 2.02. The zero-order valence-electron chi connectivity index (χ0n) is 6.84. The van der Waals surface area contributed by atoms with E-state index < -0.39 is 23.9 Å². The minimum atomic E-state index is -1.61. The van der Waals surface area contributed by atoms with Crippen LogP contribution in [0.3, 0.4) is 0 Å². The molecule has 0 amide bonds. The lowest BCUT2D eigenvalue weighted by atomic mass is 9.87. The molecule has 0 spiro atoms. The molecule has 1 unspecified atom stereocenters. The van der Waals surface area contributed by atoms with E-state index in [1.807, 2.05) is 0 Å². The number of aliphatic hydroxyl groups excluding tert-OH is 3. The van der Waals surface area contributed by atoms with E-state index in [-0.39, 0.29) is 13.2 Å². The fourth-order valence-electron chi connectivity index (χ4n) is 1.20. The Morgan fingerprint density at radius 3 is 2.58 bits per heavy atom. The predicted octanol–water partition coefficient (Wildman–Crippen LogP) is -2.15. The third-order valence-corrected chi connectivity index (χ3v) is 2.27. The highest BCUT2D eigenvalue weighted by molar-refractivity contribution is 4.96. The summed E-state index contributed by atoms with van der Waals surface area (Å²) in [5.41, 5.74) is -1.61. The molecule has 72 valence electrons. The summed E-state index contributed by atoms with van der Waals surface area (Å²) in [5, 5.41) is 36.8. The standard InChI is InChI=1S/C7H14O5/c1-7(11)5(9)3-12-4(2-8)6(7)10/h4-6,8-11H,2-3H2,1H3/t4-,5+,6?,7-/m1/s1. The molecule has 0 aromatic heterocycles. The largest absolute Gasteiger partial charge is 0.394 e. The van der Waals surface area contributed by atoms with Gasteiger partial charge in [-0.25, -0.2) is 0 Å². The van der Waals surface area contributed by atoms with Crippen molar-refractivity contribution in [2.75, 3.05) is 13.2 Å². The van der Waals surface area contributed by atoms with Gasteiger partial charge < -0.3 is 25.2 Å². The average molecular weight is 178 g/mol. The van der Waals surface area contributed by atoms with Gasteiger partial charge in [0.15, 0.2) is 0 Å². The topological polar surface area (TPSA) is 90.2 Å². The summed E-state index contributed by atoms with van der Waals surface area (Å²) >= 11 is 0. The molecule has 0 bridgehead atoms. The molecule has 12 heavy (non-hydrogen) atoms. The minimum Gasteiger partial charge on any atom is -0.394 e. The van der Waals surface area contributed by atoms with E-state index in [4.69, 9.17) is 9.84 Å². The van der Waals surface area contributed by atoms with Crippen LogP contribution in [0.5, 0.6) is 0 Å². The Hall–Kier alpha value is -0.200. The highest BCUT2D eigenvalue weighted by Gasteiger charge is 2.46. The molecule has 1 heterocycles. The van der Waals surface area contributed by atoms with Gasteiger partial charge in [-0.2, -0.15) is 0 Å². The Kier molecular flexibility index (Phi) is 2.70. The molecule has 1 aliphatic heterocycles. The molecule has 1 saturated heterocycles. The number of hydrogen-bond acceptors (Lipinski definition) is 5. The molecule has 0 aromatic rings. The number of rotatable bonds is 1. The van der Waals surface area contributed by atoms with Gasteiger partial charge >= 0.3 is 0 Å². The summed E-state index contributed by atoms with van der Waals surface area (Å²) in [4.78, 5) is 0. The summed E-state index contributed by atoms with van der Waals surface area (Å²) < 4.78 is 4.88. The number of ether oxygens (including phenoxy) is 1. The van der Waals surface area contributed by atoms with Crippen molar-refractivity contribution in [1.29, 1.82) is 0 Å². The second-order valence-corrected chi connectivity index (χ2v) is 3.24. The summed E-state index contributed by atoms with van der Waals surface area (Å²) in [7, 11) is 0. The lowest BCUT2D eigenvalue weighted by molar-refractivity contribution is -0.239. The second-order valence-electron chi connectivity index (χ2n) is 3.24. The van der Waals surface area contributed by atoms with E-state index in [9.17, 15) is 15.3 Å². The van der Waals surface area contributed by atoms with Crippen molar-refractivity contribution in [3.05, 3.63) is 0 Å². The fourth-order valence-corrected chi connectivity index (χ4v) is 1.20. The van der Waals surface area contributed by atoms with Gasteiger partial charge in [-0.05, 0) is 6.92 Å². The second kappa shape index (κ2) is 3.27. The van der Waals surface area contributed by atoms with Crippen LogP contribution in [0, 0.1) is 0 Å². The molecule has 0 aromatic carbocycles. The molecule has 4 atom stereocenters. The van der Waals surface area contributed by atoms with E-state index in [1.54, 1.807) is 0 Å². The van der Waals surface area contributed by atoms with Gasteiger partial charge in [-0.1, -0.05) is 0 Å². The van der Waals surface area contributed by atoms with Crippen LogP contribution >= 0.6 is 0 Å². The van der Waals surface area contributed by atoms with Crippen molar-refractivity contribution < 1.29 is 25.2 Å². The maximum absolute atomic E-state index is 9.52. The van der Waals surface area contributed by atoms with Gasteiger partial charge in [0.2, 0.25) is 0 Å². The fraction of sp³-hybridized carbons (Fsp3) is 1.00. The Morgan fingerprint density at radius 2 is 2.08 bits per heavy atom. The zero-order chi connectivity index (χ0) is 9.35. The van der Waals surface area contributed by atoms with Crippen LogP contribution < -0.4 is 0 Å². The molecular weight excluding hydrogens is 164 g/mol. The minimum absolute atomic E-state index is 0.0741. The van der Waals surface area contributed by atoms with Crippen molar-refractivity contribution in [1.82, 2.24) is 0 Å². The summed E-state index contributed by atoms with van der Waals surface area (Å²) in [6.07, 6.45) is -3.19. The third-order valence-electron chi connectivity index (χ3n) is 2.27. The molecule has 1 aliphatic rings. The smallest absolute Gasteiger partial charge is 0.118 e. The van der Waals surface area contributed by atoms with Crippen LogP contribution in [0.25, 0.3) is 0 Å². The first-order valence-electron chi connectivity index (χ1n) is 3.81.